The average Bonchev–Trinajstić information content (AvgIpc) is 3.07. The smallest absolute Gasteiger partial charge is 0.274 e. The number of hydrogen-bond acceptors (Lipinski definition) is 11. The number of hydrogen-bond donors (Lipinski definition) is 3. The standard InChI is InChI=1S/C34H33Cl2N7O5/c1-47-34-29(19-43-16-20(45)17-43)38-15-27(41-34)24-6-2-4-21(31(24)35)22-5-3-7-25(32(22)36)40-33(46)26-14-30(48-13-9-37)23-8-10-42(11-12-44)18-28(23)39-26/h2-7,14-15,20,44-45H,8,10-13,16-19H2,1H3,(H,40,46). The highest BCUT2D eigenvalue weighted by Gasteiger charge is 2.27. The van der Waals surface area contributed by atoms with Gasteiger partial charge in [0.15, 0.2) is 6.61 Å². The van der Waals surface area contributed by atoms with Crippen LogP contribution in [0.1, 0.15) is 27.4 Å². The normalized spacial score (nSPS) is 14.9. The van der Waals surface area contributed by atoms with Crippen LogP contribution >= 0.6 is 23.2 Å². The minimum absolute atomic E-state index is 0.00817. The third-order valence-electron chi connectivity index (χ3n) is 8.29. The summed E-state index contributed by atoms with van der Waals surface area (Å²) in [6, 6.07) is 14.3. The molecule has 6 rings (SSSR count). The first-order chi connectivity index (χ1) is 23.3. The number of β-amino-alcohol motifs (C(OH)–C–C–N with tert-alkyl or cyclic N) is 2. The number of aliphatic hydroxyl groups excluding tert-OH is 2. The van der Waals surface area contributed by atoms with Gasteiger partial charge in [-0.1, -0.05) is 53.5 Å². The Morgan fingerprint density at radius 3 is 2.58 bits per heavy atom. The molecule has 4 heterocycles. The van der Waals surface area contributed by atoms with E-state index in [2.05, 4.69) is 20.3 Å². The molecule has 0 bridgehead atoms. The lowest BCUT2D eigenvalue weighted by atomic mass is 10.0. The number of nitrogens with zero attached hydrogens (tertiary/aromatic N) is 6. The second kappa shape index (κ2) is 14.8. The molecule has 48 heavy (non-hydrogen) atoms. The third-order valence-corrected chi connectivity index (χ3v) is 9.10. The molecule has 0 saturated carbocycles. The van der Waals surface area contributed by atoms with Crippen molar-refractivity contribution in [1.29, 1.82) is 5.26 Å². The monoisotopic (exact) mass is 689 g/mol. The molecule has 0 radical (unpaired) electrons. The van der Waals surface area contributed by atoms with Crippen molar-refractivity contribution in [2.24, 2.45) is 0 Å². The first-order valence-electron chi connectivity index (χ1n) is 15.3. The van der Waals surface area contributed by atoms with Gasteiger partial charge in [-0.05, 0) is 12.5 Å². The van der Waals surface area contributed by atoms with Crippen LogP contribution in [0.4, 0.5) is 5.69 Å². The van der Waals surface area contributed by atoms with E-state index in [-0.39, 0.29) is 30.0 Å². The number of pyridine rings is 1. The van der Waals surface area contributed by atoms with Crippen LogP contribution in [0, 0.1) is 11.3 Å². The van der Waals surface area contributed by atoms with E-state index < -0.39 is 5.91 Å². The molecule has 0 spiro atoms. The van der Waals surface area contributed by atoms with E-state index in [1.54, 1.807) is 30.5 Å². The maximum atomic E-state index is 13.6. The van der Waals surface area contributed by atoms with Crippen molar-refractivity contribution in [2.45, 2.75) is 25.6 Å². The van der Waals surface area contributed by atoms with Gasteiger partial charge in [-0.2, -0.15) is 5.26 Å². The number of rotatable bonds is 11. The van der Waals surface area contributed by atoms with Crippen molar-refractivity contribution in [3.05, 3.63) is 81.4 Å². The first kappa shape index (κ1) is 33.5. The van der Waals surface area contributed by atoms with Crippen molar-refractivity contribution in [2.75, 3.05) is 51.8 Å². The Balaban J connectivity index is 1.27. The van der Waals surface area contributed by atoms with Crippen molar-refractivity contribution in [1.82, 2.24) is 24.8 Å². The Morgan fingerprint density at radius 1 is 1.10 bits per heavy atom. The highest BCUT2D eigenvalue weighted by atomic mass is 35.5. The van der Waals surface area contributed by atoms with Gasteiger partial charge < -0.3 is 25.0 Å². The van der Waals surface area contributed by atoms with Crippen LogP contribution in [0.2, 0.25) is 10.0 Å². The number of carbonyl (C=O) groups excluding carboxylic acids is 1. The Kier molecular flexibility index (Phi) is 10.4. The number of ether oxygens (including phenoxy) is 2. The van der Waals surface area contributed by atoms with Crippen LogP contribution in [-0.2, 0) is 19.5 Å². The molecule has 2 aromatic carbocycles. The number of halogens is 2. The zero-order chi connectivity index (χ0) is 33.8. The molecule has 2 aliphatic rings. The van der Waals surface area contributed by atoms with Crippen molar-refractivity contribution < 1.29 is 24.5 Å². The lowest BCUT2D eigenvalue weighted by Gasteiger charge is -2.35. The summed E-state index contributed by atoms with van der Waals surface area (Å²) in [6.45, 7) is 3.12. The second-order valence-electron chi connectivity index (χ2n) is 11.5. The molecule has 1 saturated heterocycles. The molecule has 3 N–H and O–H groups in total. The van der Waals surface area contributed by atoms with Gasteiger partial charge >= 0.3 is 0 Å². The molecular formula is C34H33Cl2N7O5. The van der Waals surface area contributed by atoms with Crippen LogP contribution in [-0.4, -0.2) is 93.5 Å². The summed E-state index contributed by atoms with van der Waals surface area (Å²) in [5.41, 5.74) is 4.96. The predicted octanol–water partition coefficient (Wildman–Crippen LogP) is 4.20. The number of aromatic nitrogens is 3. The molecule has 2 aliphatic heterocycles. The minimum Gasteiger partial charge on any atom is -0.480 e. The minimum atomic E-state index is -0.506. The zero-order valence-corrected chi connectivity index (χ0v) is 27.6. The summed E-state index contributed by atoms with van der Waals surface area (Å²) in [5, 5.41) is 31.7. The lowest BCUT2D eigenvalue weighted by molar-refractivity contribution is -0.00403. The van der Waals surface area contributed by atoms with E-state index in [0.717, 1.165) is 5.56 Å². The molecule has 1 fully saturated rings. The summed E-state index contributed by atoms with van der Waals surface area (Å²) in [5.74, 6) is 0.301. The number of anilines is 1. The number of carbonyl (C=O) groups is 1. The van der Waals surface area contributed by atoms with Crippen LogP contribution in [0.5, 0.6) is 11.6 Å². The topological polar surface area (TPSA) is 157 Å². The molecule has 0 aliphatic carbocycles. The van der Waals surface area contributed by atoms with E-state index >= 15 is 0 Å². The molecule has 0 atom stereocenters. The van der Waals surface area contributed by atoms with Gasteiger partial charge in [0.25, 0.3) is 5.91 Å². The maximum absolute atomic E-state index is 13.6. The maximum Gasteiger partial charge on any atom is 0.274 e. The van der Waals surface area contributed by atoms with Gasteiger partial charge in [-0.25, -0.2) is 9.97 Å². The van der Waals surface area contributed by atoms with Crippen LogP contribution in [0.25, 0.3) is 22.4 Å². The van der Waals surface area contributed by atoms with Crippen LogP contribution in [0.3, 0.4) is 0 Å². The molecule has 4 aromatic rings. The van der Waals surface area contributed by atoms with Gasteiger partial charge in [0.2, 0.25) is 5.88 Å². The fourth-order valence-corrected chi connectivity index (χ4v) is 6.49. The van der Waals surface area contributed by atoms with Gasteiger partial charge in [-0.3, -0.25) is 19.6 Å². The molecular weight excluding hydrogens is 657 g/mol. The van der Waals surface area contributed by atoms with Gasteiger partial charge in [0.05, 0.1) is 53.1 Å². The third kappa shape index (κ3) is 7.07. The van der Waals surface area contributed by atoms with Crippen LogP contribution < -0.4 is 14.8 Å². The number of nitriles is 1. The Bertz CT molecular complexity index is 1880. The number of aliphatic hydroxyl groups is 2. The summed E-state index contributed by atoms with van der Waals surface area (Å²) >= 11 is 13.9. The Morgan fingerprint density at radius 2 is 1.85 bits per heavy atom. The predicted molar refractivity (Wildman–Crippen MR) is 180 cm³/mol. The summed E-state index contributed by atoms with van der Waals surface area (Å²) < 4.78 is 11.2. The van der Waals surface area contributed by atoms with Gasteiger partial charge in [0, 0.05) is 67.6 Å². The fraction of sp³-hybridized carbons (Fsp3) is 0.324. The number of methoxy groups -OCH3 is 1. The van der Waals surface area contributed by atoms with Crippen molar-refractivity contribution in [3.8, 4) is 40.1 Å². The number of benzene rings is 2. The zero-order valence-electron chi connectivity index (χ0n) is 26.1. The second-order valence-corrected chi connectivity index (χ2v) is 12.2. The van der Waals surface area contributed by atoms with E-state index in [1.807, 2.05) is 34.1 Å². The molecule has 12 nitrogen and oxygen atoms in total. The number of likely N-dealkylation sites (tertiary alicyclic amines) is 1. The largest absolute Gasteiger partial charge is 0.480 e. The van der Waals surface area contributed by atoms with E-state index in [4.69, 9.17) is 37.9 Å². The molecule has 14 heteroatoms. The lowest BCUT2D eigenvalue weighted by Crippen LogP contribution is -2.50. The molecule has 2 aromatic heterocycles. The molecule has 1 amide bonds. The highest BCUT2D eigenvalue weighted by Crippen LogP contribution is 2.41. The number of nitrogens with one attached hydrogen (secondary N) is 1. The highest BCUT2D eigenvalue weighted by molar-refractivity contribution is 6.39. The molecule has 0 unspecified atom stereocenters. The fourth-order valence-electron chi connectivity index (χ4n) is 5.89. The number of fused-ring (bicyclic) bond motifs is 1. The first-order valence-corrected chi connectivity index (χ1v) is 16.1. The number of amides is 1. The Labute approximate surface area is 287 Å². The van der Waals surface area contributed by atoms with E-state index in [1.165, 1.54) is 7.11 Å². The van der Waals surface area contributed by atoms with E-state index in [9.17, 15) is 15.0 Å². The van der Waals surface area contributed by atoms with Crippen molar-refractivity contribution in [3.63, 3.8) is 0 Å². The van der Waals surface area contributed by atoms with Crippen LogP contribution in [0.15, 0.2) is 48.7 Å². The Hall–Kier alpha value is -4.35. The molecule has 248 valence electrons. The van der Waals surface area contributed by atoms with Crippen molar-refractivity contribution >= 4 is 34.8 Å². The average molecular weight is 691 g/mol. The summed E-state index contributed by atoms with van der Waals surface area (Å²) in [7, 11) is 1.53. The quantitative estimate of drug-likeness (QED) is 0.207. The summed E-state index contributed by atoms with van der Waals surface area (Å²) in [4.78, 5) is 31.5. The van der Waals surface area contributed by atoms with E-state index in [0.29, 0.717) is 102 Å². The summed E-state index contributed by atoms with van der Waals surface area (Å²) in [6.07, 6.45) is 1.93. The van der Waals surface area contributed by atoms with Gasteiger partial charge in [-0.15, -0.1) is 0 Å². The SMILES string of the molecule is COc1nc(-c2cccc(-c3cccc(NC(=O)c4cc(OCC#N)c5c(n4)CN(CCO)CC5)c3Cl)c2Cl)cnc1CN1CC(O)C1. The van der Waals surface area contributed by atoms with Gasteiger partial charge in [0.1, 0.15) is 23.2 Å².